The van der Waals surface area contributed by atoms with Crippen molar-refractivity contribution in [2.75, 3.05) is 20.2 Å². The Balaban J connectivity index is 1.50. The van der Waals surface area contributed by atoms with Crippen LogP contribution in [0.25, 0.3) is 0 Å². The molecular weight excluding hydrogens is 367 g/mol. The number of likely N-dealkylation sites (N-methyl/N-ethyl adjacent to an activating group) is 1. The van der Waals surface area contributed by atoms with Gasteiger partial charge in [0.05, 0.1) is 13.0 Å². The van der Waals surface area contributed by atoms with Gasteiger partial charge in [0.15, 0.2) is 0 Å². The lowest BCUT2D eigenvalue weighted by molar-refractivity contribution is -0.121. The van der Waals surface area contributed by atoms with E-state index in [0.29, 0.717) is 19.1 Å². The lowest BCUT2D eigenvalue weighted by Crippen LogP contribution is -2.49. The molecule has 0 saturated carbocycles. The molecule has 1 amide bonds. The highest BCUT2D eigenvalue weighted by molar-refractivity contribution is 5.78. The lowest BCUT2D eigenvalue weighted by atomic mass is 9.92. The van der Waals surface area contributed by atoms with Gasteiger partial charge in [-0.3, -0.25) is 4.79 Å². The van der Waals surface area contributed by atoms with E-state index in [9.17, 15) is 9.18 Å². The monoisotopic (exact) mass is 398 g/mol. The molecule has 1 fully saturated rings. The van der Waals surface area contributed by atoms with Crippen molar-refractivity contribution in [3.05, 3.63) is 65.5 Å². The summed E-state index contributed by atoms with van der Waals surface area (Å²) in [6.07, 6.45) is 4.07. The van der Waals surface area contributed by atoms with Crippen LogP contribution in [0.3, 0.4) is 0 Å². The fourth-order valence-electron chi connectivity index (χ4n) is 3.82. The summed E-state index contributed by atoms with van der Waals surface area (Å²) in [6, 6.07) is 15.0. The van der Waals surface area contributed by atoms with E-state index in [4.69, 9.17) is 4.74 Å². The van der Waals surface area contributed by atoms with Gasteiger partial charge in [-0.25, -0.2) is 4.39 Å². The van der Waals surface area contributed by atoms with Crippen LogP contribution in [-0.4, -0.2) is 43.1 Å². The Labute approximate surface area is 173 Å². The van der Waals surface area contributed by atoms with Crippen molar-refractivity contribution in [3.63, 3.8) is 0 Å². The number of hydrogen-bond donors (Lipinski definition) is 1. The molecule has 4 nitrogen and oxygen atoms in total. The number of ether oxygens (including phenoxy) is 1. The van der Waals surface area contributed by atoms with Gasteiger partial charge in [0, 0.05) is 18.6 Å². The first kappa shape index (κ1) is 21.3. The topological polar surface area (TPSA) is 41.6 Å². The molecule has 2 atom stereocenters. The normalized spacial score (nSPS) is 19.7. The van der Waals surface area contributed by atoms with E-state index in [1.54, 1.807) is 0 Å². The number of benzene rings is 2. The maximum Gasteiger partial charge on any atom is 0.224 e. The Morgan fingerprint density at radius 2 is 1.83 bits per heavy atom. The van der Waals surface area contributed by atoms with Crippen molar-refractivity contribution in [2.45, 2.75) is 51.1 Å². The largest absolute Gasteiger partial charge is 0.494 e. The van der Waals surface area contributed by atoms with Crippen molar-refractivity contribution in [1.29, 1.82) is 0 Å². The Morgan fingerprint density at radius 1 is 1.14 bits per heavy atom. The fourth-order valence-corrected chi connectivity index (χ4v) is 3.82. The molecule has 1 heterocycles. The molecule has 1 saturated heterocycles. The highest BCUT2D eigenvalue weighted by Crippen LogP contribution is 2.20. The van der Waals surface area contributed by atoms with Gasteiger partial charge >= 0.3 is 0 Å². The molecule has 3 rings (SSSR count). The van der Waals surface area contributed by atoms with Crippen molar-refractivity contribution < 1.29 is 13.9 Å². The molecule has 0 spiro atoms. The van der Waals surface area contributed by atoms with Crippen LogP contribution in [-0.2, 0) is 17.6 Å². The van der Waals surface area contributed by atoms with Crippen molar-refractivity contribution in [3.8, 4) is 5.75 Å². The second kappa shape index (κ2) is 10.4. The van der Waals surface area contributed by atoms with Gasteiger partial charge in [0.25, 0.3) is 0 Å². The molecule has 29 heavy (non-hydrogen) atoms. The number of likely N-dealkylation sites (tertiary alicyclic amines) is 1. The Hall–Kier alpha value is -2.40. The van der Waals surface area contributed by atoms with E-state index in [2.05, 4.69) is 24.2 Å². The number of hydrogen-bond acceptors (Lipinski definition) is 3. The summed E-state index contributed by atoms with van der Waals surface area (Å²) >= 11 is 0. The van der Waals surface area contributed by atoms with Crippen LogP contribution in [0.1, 0.15) is 37.3 Å². The molecule has 1 N–H and O–H groups in total. The van der Waals surface area contributed by atoms with Crippen LogP contribution >= 0.6 is 0 Å². The molecule has 0 aromatic heterocycles. The summed E-state index contributed by atoms with van der Waals surface area (Å²) in [5.74, 6) is 0.693. The number of amides is 1. The zero-order valence-corrected chi connectivity index (χ0v) is 17.4. The second-order valence-electron chi connectivity index (χ2n) is 7.92. The third-order valence-electron chi connectivity index (χ3n) is 5.52. The molecule has 0 radical (unpaired) electrons. The average Bonchev–Trinajstić information content (AvgIpc) is 2.71. The maximum absolute atomic E-state index is 13.1. The first-order chi connectivity index (χ1) is 14.0. The third kappa shape index (κ3) is 6.57. The van der Waals surface area contributed by atoms with Crippen LogP contribution in [0.4, 0.5) is 4.39 Å². The van der Waals surface area contributed by atoms with Crippen LogP contribution in [0, 0.1) is 5.82 Å². The molecule has 2 aromatic carbocycles. The minimum atomic E-state index is -0.208. The van der Waals surface area contributed by atoms with Gasteiger partial charge in [0.2, 0.25) is 5.91 Å². The summed E-state index contributed by atoms with van der Waals surface area (Å²) in [5.41, 5.74) is 2.11. The molecule has 5 heteroatoms. The van der Waals surface area contributed by atoms with Crippen molar-refractivity contribution in [1.82, 2.24) is 10.2 Å². The fraction of sp³-hybridized carbons (Fsp3) is 0.458. The molecule has 2 unspecified atom stereocenters. The van der Waals surface area contributed by atoms with E-state index in [1.165, 1.54) is 12.1 Å². The third-order valence-corrected chi connectivity index (χ3v) is 5.52. The number of piperidine rings is 1. The predicted molar refractivity (Wildman–Crippen MR) is 114 cm³/mol. The van der Waals surface area contributed by atoms with Gasteiger partial charge in [-0.15, -0.1) is 0 Å². The van der Waals surface area contributed by atoms with Crippen molar-refractivity contribution in [2.24, 2.45) is 0 Å². The summed E-state index contributed by atoms with van der Waals surface area (Å²) in [4.78, 5) is 14.9. The quantitative estimate of drug-likeness (QED) is 0.731. The zero-order valence-electron chi connectivity index (χ0n) is 17.4. The molecule has 1 aliphatic heterocycles. The van der Waals surface area contributed by atoms with Crippen LogP contribution < -0.4 is 10.1 Å². The van der Waals surface area contributed by atoms with Gasteiger partial charge in [0.1, 0.15) is 11.6 Å². The van der Waals surface area contributed by atoms with Gasteiger partial charge in [-0.1, -0.05) is 31.2 Å². The molecule has 156 valence electrons. The smallest absolute Gasteiger partial charge is 0.224 e. The Bertz CT molecular complexity index is 776. The van der Waals surface area contributed by atoms with Crippen LogP contribution in [0.15, 0.2) is 48.5 Å². The number of carbonyl (C=O) groups is 1. The summed E-state index contributed by atoms with van der Waals surface area (Å²) in [6.45, 7) is 3.72. The number of carbonyl (C=O) groups excluding carboxylic acids is 1. The molecule has 0 bridgehead atoms. The van der Waals surface area contributed by atoms with E-state index in [-0.39, 0.29) is 17.8 Å². The standard InChI is InChI=1S/C24H31FN2O2/c1-3-14-29-23-10-6-19(7-11-23)16-24(28)26-21-12-13-27(2)22(17-21)15-18-4-8-20(25)9-5-18/h4-11,21-22H,3,12-17H2,1-2H3,(H,26,28). The molecule has 0 aliphatic carbocycles. The zero-order chi connectivity index (χ0) is 20.6. The van der Waals surface area contributed by atoms with Gasteiger partial charge < -0.3 is 15.0 Å². The molecule has 2 aromatic rings. The van der Waals surface area contributed by atoms with E-state index in [0.717, 1.165) is 49.1 Å². The first-order valence-electron chi connectivity index (χ1n) is 10.5. The highest BCUT2D eigenvalue weighted by Gasteiger charge is 2.27. The lowest BCUT2D eigenvalue weighted by Gasteiger charge is -2.37. The van der Waals surface area contributed by atoms with Gasteiger partial charge in [-0.2, -0.15) is 0 Å². The SMILES string of the molecule is CCCOc1ccc(CC(=O)NC2CCN(C)C(Cc3ccc(F)cc3)C2)cc1. The van der Waals surface area contributed by atoms with E-state index < -0.39 is 0 Å². The van der Waals surface area contributed by atoms with Crippen molar-refractivity contribution >= 4 is 5.91 Å². The van der Waals surface area contributed by atoms with Crippen LogP contribution in [0.2, 0.25) is 0 Å². The summed E-state index contributed by atoms with van der Waals surface area (Å²) < 4.78 is 18.7. The summed E-state index contributed by atoms with van der Waals surface area (Å²) in [7, 11) is 2.12. The molecular formula is C24H31FN2O2. The van der Waals surface area contributed by atoms with E-state index in [1.807, 2.05) is 36.4 Å². The average molecular weight is 399 g/mol. The Morgan fingerprint density at radius 3 is 2.52 bits per heavy atom. The Kier molecular flexibility index (Phi) is 7.64. The predicted octanol–water partition coefficient (Wildman–Crippen LogP) is 3.98. The maximum atomic E-state index is 13.1. The highest BCUT2D eigenvalue weighted by atomic mass is 19.1. The number of nitrogens with zero attached hydrogens (tertiary/aromatic N) is 1. The van der Waals surface area contributed by atoms with E-state index >= 15 is 0 Å². The van der Waals surface area contributed by atoms with Crippen LogP contribution in [0.5, 0.6) is 5.75 Å². The second-order valence-corrected chi connectivity index (χ2v) is 7.92. The molecule has 1 aliphatic rings. The minimum Gasteiger partial charge on any atom is -0.494 e. The number of rotatable bonds is 8. The minimum absolute atomic E-state index is 0.0577. The van der Waals surface area contributed by atoms with Gasteiger partial charge in [-0.05, 0) is 68.1 Å². The number of nitrogens with one attached hydrogen (secondary N) is 1. The number of halogens is 1. The summed E-state index contributed by atoms with van der Waals surface area (Å²) in [5, 5.41) is 3.20. The first-order valence-corrected chi connectivity index (χ1v) is 10.5.